The van der Waals surface area contributed by atoms with Gasteiger partial charge in [0.1, 0.15) is 5.82 Å². The first-order chi connectivity index (χ1) is 9.38. The van der Waals surface area contributed by atoms with Crippen molar-refractivity contribution in [2.45, 2.75) is 19.4 Å². The van der Waals surface area contributed by atoms with Gasteiger partial charge in [-0.15, -0.1) is 11.6 Å². The number of aryl methyl sites for hydroxylation is 3. The molecule has 0 spiro atoms. The molecule has 0 unspecified atom stereocenters. The monoisotopic (exact) mass is 276 g/mol. The maximum atomic E-state index is 5.84. The summed E-state index contributed by atoms with van der Waals surface area (Å²) in [7, 11) is 0. The van der Waals surface area contributed by atoms with Crippen LogP contribution in [0.3, 0.4) is 0 Å². The van der Waals surface area contributed by atoms with Crippen molar-refractivity contribution >= 4 is 22.6 Å². The highest BCUT2D eigenvalue weighted by molar-refractivity contribution is 6.17. The predicted octanol–water partition coefficient (Wildman–Crippen LogP) is 2.44. The zero-order chi connectivity index (χ0) is 13.1. The Bertz CT molecular complexity index is 662. The number of imidazole rings is 1. The van der Waals surface area contributed by atoms with Crippen molar-refractivity contribution in [2.75, 3.05) is 5.88 Å². The normalized spacial score (nSPS) is 11.2. The van der Waals surface area contributed by atoms with E-state index in [0.717, 1.165) is 29.8 Å². The first-order valence-corrected chi connectivity index (χ1v) is 6.67. The Hall–Kier alpha value is -1.88. The summed E-state index contributed by atoms with van der Waals surface area (Å²) in [6.45, 7) is 0.759. The third-order valence-electron chi connectivity index (χ3n) is 3.01. The molecule has 19 heavy (non-hydrogen) atoms. The maximum Gasteiger partial charge on any atom is 0.228 e. The van der Waals surface area contributed by atoms with Crippen molar-refractivity contribution in [1.82, 2.24) is 19.7 Å². The van der Waals surface area contributed by atoms with Crippen LogP contribution in [-0.2, 0) is 19.4 Å². The molecule has 0 N–H and O–H groups in total. The molecule has 0 radical (unpaired) electrons. The summed E-state index contributed by atoms with van der Waals surface area (Å²) in [6.07, 6.45) is 2.86. The molecule has 0 amide bonds. The van der Waals surface area contributed by atoms with Crippen LogP contribution in [0.1, 0.15) is 11.7 Å². The van der Waals surface area contributed by atoms with Gasteiger partial charge in [0.15, 0.2) is 6.33 Å². The van der Waals surface area contributed by atoms with Gasteiger partial charge in [0.25, 0.3) is 0 Å². The Kier molecular flexibility index (Phi) is 3.46. The summed E-state index contributed by atoms with van der Waals surface area (Å²) in [6, 6.07) is 8.07. The second kappa shape index (κ2) is 5.40. The van der Waals surface area contributed by atoms with E-state index < -0.39 is 0 Å². The molecular formula is C13H13ClN4O. The molecule has 0 saturated carbocycles. The number of rotatable bonds is 5. The molecule has 0 aliphatic heterocycles. The van der Waals surface area contributed by atoms with Crippen LogP contribution >= 0.6 is 11.6 Å². The Morgan fingerprint density at radius 1 is 1.21 bits per heavy atom. The van der Waals surface area contributed by atoms with Crippen LogP contribution in [0.2, 0.25) is 0 Å². The minimum Gasteiger partial charge on any atom is -0.340 e. The predicted molar refractivity (Wildman–Crippen MR) is 72.2 cm³/mol. The van der Waals surface area contributed by atoms with Gasteiger partial charge in [-0.1, -0.05) is 17.3 Å². The molecule has 0 fully saturated rings. The summed E-state index contributed by atoms with van der Waals surface area (Å²) >= 11 is 5.84. The lowest BCUT2D eigenvalue weighted by atomic mass is 10.3. The molecule has 2 heterocycles. The van der Waals surface area contributed by atoms with E-state index in [-0.39, 0.29) is 0 Å². The van der Waals surface area contributed by atoms with Crippen molar-refractivity contribution in [1.29, 1.82) is 0 Å². The number of aromatic nitrogens is 4. The summed E-state index contributed by atoms with van der Waals surface area (Å²) in [5.41, 5.74) is 2.11. The lowest BCUT2D eigenvalue weighted by Crippen LogP contribution is -2.07. The highest BCUT2D eigenvalue weighted by Gasteiger charge is 2.10. The molecule has 98 valence electrons. The number of alkyl halides is 1. The third-order valence-corrected chi connectivity index (χ3v) is 3.20. The quantitative estimate of drug-likeness (QED) is 0.672. The number of benzene rings is 1. The number of halogens is 1. The van der Waals surface area contributed by atoms with Crippen molar-refractivity contribution in [3.8, 4) is 0 Å². The van der Waals surface area contributed by atoms with E-state index in [0.29, 0.717) is 18.2 Å². The molecular weight excluding hydrogens is 264 g/mol. The lowest BCUT2D eigenvalue weighted by Gasteiger charge is -2.06. The SMILES string of the molecule is ClCCc1nc2ccccc2n1CCc1ncno1. The smallest absolute Gasteiger partial charge is 0.228 e. The standard InChI is InChI=1S/C13H13ClN4O/c14-7-5-12-17-10-3-1-2-4-11(10)18(12)8-6-13-15-9-16-19-13/h1-4,9H,5-8H2. The van der Waals surface area contributed by atoms with E-state index in [1.807, 2.05) is 18.2 Å². The summed E-state index contributed by atoms with van der Waals surface area (Å²) < 4.78 is 7.19. The fraction of sp³-hybridized carbons (Fsp3) is 0.308. The molecule has 0 aliphatic rings. The highest BCUT2D eigenvalue weighted by atomic mass is 35.5. The Labute approximate surface area is 115 Å². The molecule has 0 atom stereocenters. The van der Waals surface area contributed by atoms with Crippen LogP contribution in [0.15, 0.2) is 35.1 Å². The maximum absolute atomic E-state index is 5.84. The Morgan fingerprint density at radius 2 is 2.11 bits per heavy atom. The molecule has 0 bridgehead atoms. The van der Waals surface area contributed by atoms with Gasteiger partial charge in [-0.05, 0) is 12.1 Å². The molecule has 2 aromatic heterocycles. The van der Waals surface area contributed by atoms with Gasteiger partial charge in [-0.2, -0.15) is 4.98 Å². The number of nitrogens with zero attached hydrogens (tertiary/aromatic N) is 4. The first-order valence-electron chi connectivity index (χ1n) is 6.14. The topological polar surface area (TPSA) is 56.7 Å². The van der Waals surface area contributed by atoms with Crippen molar-refractivity contribution in [3.63, 3.8) is 0 Å². The largest absolute Gasteiger partial charge is 0.340 e. The molecule has 5 nitrogen and oxygen atoms in total. The van der Waals surface area contributed by atoms with Crippen molar-refractivity contribution in [3.05, 3.63) is 42.3 Å². The number of para-hydroxylation sites is 2. The molecule has 3 aromatic rings. The average Bonchev–Trinajstić information content (AvgIpc) is 3.04. The van der Waals surface area contributed by atoms with E-state index in [1.165, 1.54) is 6.33 Å². The van der Waals surface area contributed by atoms with Gasteiger partial charge >= 0.3 is 0 Å². The van der Waals surface area contributed by atoms with E-state index >= 15 is 0 Å². The van der Waals surface area contributed by atoms with Gasteiger partial charge in [-0.25, -0.2) is 4.98 Å². The minimum atomic E-state index is 0.559. The molecule has 0 aliphatic carbocycles. The van der Waals surface area contributed by atoms with E-state index in [1.54, 1.807) is 0 Å². The van der Waals surface area contributed by atoms with Crippen molar-refractivity contribution in [2.24, 2.45) is 0 Å². The summed E-state index contributed by atoms with van der Waals surface area (Å²) in [5.74, 6) is 2.19. The van der Waals surface area contributed by atoms with Crippen LogP contribution in [-0.4, -0.2) is 25.6 Å². The van der Waals surface area contributed by atoms with Crippen LogP contribution in [0.5, 0.6) is 0 Å². The molecule has 3 rings (SSSR count). The highest BCUT2D eigenvalue weighted by Crippen LogP contribution is 2.17. The Morgan fingerprint density at radius 3 is 2.89 bits per heavy atom. The summed E-state index contributed by atoms with van der Waals surface area (Å²) in [5, 5.41) is 3.61. The second-order valence-corrected chi connectivity index (χ2v) is 4.57. The van der Waals surface area contributed by atoms with Crippen molar-refractivity contribution < 1.29 is 4.52 Å². The van der Waals surface area contributed by atoms with Crippen LogP contribution in [0.4, 0.5) is 0 Å². The molecule has 6 heteroatoms. The van der Waals surface area contributed by atoms with Crippen LogP contribution in [0, 0.1) is 0 Å². The van der Waals surface area contributed by atoms with Gasteiger partial charge in [0.2, 0.25) is 5.89 Å². The molecule has 0 saturated heterocycles. The van der Waals surface area contributed by atoms with Gasteiger partial charge in [0, 0.05) is 25.3 Å². The zero-order valence-corrected chi connectivity index (χ0v) is 11.0. The van der Waals surface area contributed by atoms with E-state index in [2.05, 4.69) is 25.8 Å². The van der Waals surface area contributed by atoms with E-state index in [4.69, 9.17) is 16.1 Å². The van der Waals surface area contributed by atoms with Gasteiger partial charge < -0.3 is 9.09 Å². The number of fused-ring (bicyclic) bond motifs is 1. The fourth-order valence-corrected chi connectivity index (χ4v) is 2.33. The minimum absolute atomic E-state index is 0.559. The van der Waals surface area contributed by atoms with Crippen LogP contribution < -0.4 is 0 Å². The van der Waals surface area contributed by atoms with E-state index in [9.17, 15) is 0 Å². The second-order valence-electron chi connectivity index (χ2n) is 4.19. The first kappa shape index (κ1) is 12.2. The van der Waals surface area contributed by atoms with Crippen LogP contribution in [0.25, 0.3) is 11.0 Å². The lowest BCUT2D eigenvalue weighted by molar-refractivity contribution is 0.371. The Balaban J connectivity index is 1.92. The fourth-order valence-electron chi connectivity index (χ4n) is 2.16. The number of hydrogen-bond donors (Lipinski definition) is 0. The average molecular weight is 277 g/mol. The van der Waals surface area contributed by atoms with Gasteiger partial charge in [0.05, 0.1) is 11.0 Å². The third kappa shape index (κ3) is 2.46. The number of hydrogen-bond acceptors (Lipinski definition) is 4. The zero-order valence-electron chi connectivity index (χ0n) is 10.3. The van der Waals surface area contributed by atoms with Gasteiger partial charge in [-0.3, -0.25) is 0 Å². The summed E-state index contributed by atoms with van der Waals surface area (Å²) in [4.78, 5) is 8.65. The molecule has 1 aromatic carbocycles.